The third-order valence-electron chi connectivity index (χ3n) is 3.51. The van der Waals surface area contributed by atoms with Crippen LogP contribution in [0.25, 0.3) is 0 Å². The van der Waals surface area contributed by atoms with Crippen molar-refractivity contribution >= 4 is 23.6 Å². The maximum Gasteiger partial charge on any atom is 0.323 e. The molecule has 2 aliphatic heterocycles. The van der Waals surface area contributed by atoms with Crippen molar-refractivity contribution in [2.45, 2.75) is 23.4 Å². The van der Waals surface area contributed by atoms with Crippen molar-refractivity contribution in [3.05, 3.63) is 0 Å². The number of nitrogens with two attached hydrogens (primary N) is 1. The minimum Gasteiger partial charge on any atom is -0.468 e. The maximum atomic E-state index is 11.9. The molecule has 2 aliphatic rings. The standard InChI is InChI=1S/C11H19N3O4S/c1-18-10(17)8-5-19-11(13-8)2-3-14(6-11)9(16)7(12)4-15/h7-8,13,15H,2-6,12H2,1H3/t7-,8-,11?/m0/s1. The van der Waals surface area contributed by atoms with Gasteiger partial charge in [0.25, 0.3) is 0 Å². The first-order valence-electron chi connectivity index (χ1n) is 6.16. The molecule has 1 amide bonds. The van der Waals surface area contributed by atoms with E-state index in [1.165, 1.54) is 7.11 Å². The number of methoxy groups -OCH3 is 1. The first-order valence-corrected chi connectivity index (χ1v) is 7.14. The van der Waals surface area contributed by atoms with Crippen LogP contribution in [0.15, 0.2) is 0 Å². The number of hydrogen-bond acceptors (Lipinski definition) is 7. The summed E-state index contributed by atoms with van der Waals surface area (Å²) >= 11 is 1.64. The topological polar surface area (TPSA) is 105 Å². The Morgan fingerprint density at radius 1 is 1.68 bits per heavy atom. The summed E-state index contributed by atoms with van der Waals surface area (Å²) in [5.41, 5.74) is 5.54. The van der Waals surface area contributed by atoms with E-state index in [2.05, 4.69) is 5.32 Å². The highest BCUT2D eigenvalue weighted by molar-refractivity contribution is 8.01. The molecule has 2 fully saturated rings. The lowest BCUT2D eigenvalue weighted by atomic mass is 10.2. The largest absolute Gasteiger partial charge is 0.468 e. The fourth-order valence-electron chi connectivity index (χ4n) is 2.43. The van der Waals surface area contributed by atoms with Gasteiger partial charge in [0.2, 0.25) is 5.91 Å². The molecule has 108 valence electrons. The van der Waals surface area contributed by atoms with E-state index in [0.717, 1.165) is 6.42 Å². The van der Waals surface area contributed by atoms with Gasteiger partial charge >= 0.3 is 5.97 Å². The molecule has 0 bridgehead atoms. The van der Waals surface area contributed by atoms with Crippen LogP contribution < -0.4 is 11.1 Å². The smallest absolute Gasteiger partial charge is 0.323 e. The summed E-state index contributed by atoms with van der Waals surface area (Å²) in [7, 11) is 1.37. The summed E-state index contributed by atoms with van der Waals surface area (Å²) < 4.78 is 4.72. The van der Waals surface area contributed by atoms with E-state index in [0.29, 0.717) is 18.8 Å². The molecule has 0 aromatic carbocycles. The van der Waals surface area contributed by atoms with E-state index in [9.17, 15) is 9.59 Å². The molecule has 1 spiro atoms. The SMILES string of the molecule is COC(=O)[C@@H]1CSC2(CCN(C(=O)[C@@H](N)CO)C2)N1. The second-order valence-corrected chi connectivity index (χ2v) is 6.23. The van der Waals surface area contributed by atoms with Crippen molar-refractivity contribution in [3.8, 4) is 0 Å². The van der Waals surface area contributed by atoms with Crippen LogP contribution in [0.1, 0.15) is 6.42 Å². The van der Waals surface area contributed by atoms with Crippen LogP contribution in [0.5, 0.6) is 0 Å². The van der Waals surface area contributed by atoms with E-state index in [1.807, 2.05) is 0 Å². The van der Waals surface area contributed by atoms with Crippen molar-refractivity contribution in [3.63, 3.8) is 0 Å². The van der Waals surface area contributed by atoms with Crippen molar-refractivity contribution in [1.29, 1.82) is 0 Å². The predicted octanol–water partition coefficient (Wildman–Crippen LogP) is -1.89. The second kappa shape index (κ2) is 5.66. The van der Waals surface area contributed by atoms with Gasteiger partial charge in [0.05, 0.1) is 18.6 Å². The lowest BCUT2D eigenvalue weighted by molar-refractivity contribution is -0.142. The number of ether oxygens (including phenoxy) is 1. The van der Waals surface area contributed by atoms with Crippen molar-refractivity contribution < 1.29 is 19.4 Å². The van der Waals surface area contributed by atoms with Gasteiger partial charge in [-0.1, -0.05) is 0 Å². The van der Waals surface area contributed by atoms with Crippen LogP contribution in [0.4, 0.5) is 0 Å². The van der Waals surface area contributed by atoms with E-state index >= 15 is 0 Å². The molecular weight excluding hydrogens is 270 g/mol. The molecule has 3 atom stereocenters. The molecule has 8 heteroatoms. The van der Waals surface area contributed by atoms with Crippen LogP contribution in [0, 0.1) is 0 Å². The summed E-state index contributed by atoms with van der Waals surface area (Å²) in [4.78, 5) is 24.7. The van der Waals surface area contributed by atoms with Crippen LogP contribution >= 0.6 is 11.8 Å². The molecular formula is C11H19N3O4S. The second-order valence-electron chi connectivity index (χ2n) is 4.82. The third-order valence-corrected chi connectivity index (χ3v) is 5.01. The number of likely N-dealkylation sites (tertiary alicyclic amines) is 1. The third kappa shape index (κ3) is 2.86. The van der Waals surface area contributed by atoms with Gasteiger partial charge in [-0.3, -0.25) is 14.9 Å². The van der Waals surface area contributed by atoms with Crippen LogP contribution in [-0.2, 0) is 14.3 Å². The number of thioether (sulfide) groups is 1. The van der Waals surface area contributed by atoms with Gasteiger partial charge in [-0.2, -0.15) is 0 Å². The lowest BCUT2D eigenvalue weighted by Gasteiger charge is -2.25. The number of carbonyl (C=O) groups is 2. The van der Waals surface area contributed by atoms with Gasteiger partial charge in [-0.05, 0) is 6.42 Å². The summed E-state index contributed by atoms with van der Waals surface area (Å²) in [6, 6.07) is -1.19. The summed E-state index contributed by atoms with van der Waals surface area (Å²) in [5.74, 6) is 0.116. The zero-order valence-corrected chi connectivity index (χ0v) is 11.6. The number of nitrogens with zero attached hydrogens (tertiary/aromatic N) is 1. The van der Waals surface area contributed by atoms with E-state index in [-0.39, 0.29) is 29.4 Å². The molecule has 2 saturated heterocycles. The molecule has 4 N–H and O–H groups in total. The van der Waals surface area contributed by atoms with Gasteiger partial charge in [-0.25, -0.2) is 0 Å². The Morgan fingerprint density at radius 3 is 3.05 bits per heavy atom. The van der Waals surface area contributed by atoms with Crippen LogP contribution in [-0.4, -0.2) is 71.4 Å². The molecule has 0 saturated carbocycles. The number of aliphatic hydroxyl groups is 1. The molecule has 2 heterocycles. The average Bonchev–Trinajstić information content (AvgIpc) is 3.04. The van der Waals surface area contributed by atoms with Crippen LogP contribution in [0.2, 0.25) is 0 Å². The first kappa shape index (κ1) is 14.6. The zero-order chi connectivity index (χ0) is 14.0. The monoisotopic (exact) mass is 289 g/mol. The highest BCUT2D eigenvalue weighted by Crippen LogP contribution is 2.38. The fourth-order valence-corrected chi connectivity index (χ4v) is 3.84. The zero-order valence-electron chi connectivity index (χ0n) is 10.8. The molecule has 0 aromatic heterocycles. The molecule has 0 radical (unpaired) electrons. The molecule has 1 unspecified atom stereocenters. The van der Waals surface area contributed by atoms with E-state index in [4.69, 9.17) is 15.6 Å². The highest BCUT2D eigenvalue weighted by Gasteiger charge is 2.48. The normalized spacial score (nSPS) is 31.7. The minimum atomic E-state index is -0.863. The Kier molecular flexibility index (Phi) is 4.34. The van der Waals surface area contributed by atoms with Crippen LogP contribution in [0.3, 0.4) is 0 Å². The first-order chi connectivity index (χ1) is 9.01. The summed E-state index contributed by atoms with van der Waals surface area (Å²) in [6.07, 6.45) is 0.759. The number of amides is 1. The summed E-state index contributed by atoms with van der Waals surface area (Å²) in [5, 5.41) is 12.2. The fraction of sp³-hybridized carbons (Fsp3) is 0.818. The Labute approximate surface area is 115 Å². The predicted molar refractivity (Wildman–Crippen MR) is 70.4 cm³/mol. The number of carbonyl (C=O) groups excluding carboxylic acids is 2. The van der Waals surface area contributed by atoms with Gasteiger partial charge in [0.15, 0.2) is 0 Å². The van der Waals surface area contributed by atoms with Gasteiger partial charge in [0, 0.05) is 18.8 Å². The highest BCUT2D eigenvalue weighted by atomic mass is 32.2. The van der Waals surface area contributed by atoms with Gasteiger partial charge in [0.1, 0.15) is 12.1 Å². The van der Waals surface area contributed by atoms with Crippen molar-refractivity contribution in [2.75, 3.05) is 32.6 Å². The lowest BCUT2D eigenvalue weighted by Crippen LogP contribution is -2.50. The molecule has 7 nitrogen and oxygen atoms in total. The van der Waals surface area contributed by atoms with Crippen molar-refractivity contribution in [2.24, 2.45) is 5.73 Å². The number of esters is 1. The quantitative estimate of drug-likeness (QED) is 0.522. The molecule has 19 heavy (non-hydrogen) atoms. The molecule has 0 aromatic rings. The Bertz CT molecular complexity index is 381. The number of rotatable bonds is 3. The molecule has 0 aliphatic carbocycles. The summed E-state index contributed by atoms with van der Waals surface area (Å²) in [6.45, 7) is 0.728. The van der Waals surface area contributed by atoms with E-state index in [1.54, 1.807) is 16.7 Å². The van der Waals surface area contributed by atoms with Gasteiger partial charge in [-0.15, -0.1) is 11.8 Å². The van der Waals surface area contributed by atoms with Crippen molar-refractivity contribution in [1.82, 2.24) is 10.2 Å². The minimum absolute atomic E-state index is 0.247. The molecule has 2 rings (SSSR count). The maximum absolute atomic E-state index is 11.9. The van der Waals surface area contributed by atoms with Gasteiger partial charge < -0.3 is 20.5 Å². The van der Waals surface area contributed by atoms with E-state index < -0.39 is 6.04 Å². The number of aliphatic hydroxyl groups excluding tert-OH is 1. The average molecular weight is 289 g/mol. The number of nitrogens with one attached hydrogen (secondary N) is 1. The number of hydrogen-bond donors (Lipinski definition) is 3. The Hall–Kier alpha value is -0.830. The Balaban J connectivity index is 1.95. The Morgan fingerprint density at radius 2 is 2.42 bits per heavy atom.